The van der Waals surface area contributed by atoms with E-state index in [1.807, 2.05) is 22.9 Å². The van der Waals surface area contributed by atoms with Gasteiger partial charge in [-0.05, 0) is 29.8 Å². The number of nitrogens with one attached hydrogen (secondary N) is 1. The van der Waals surface area contributed by atoms with Crippen LogP contribution in [-0.2, 0) is 16.6 Å². The second kappa shape index (κ2) is 5.23. The van der Waals surface area contributed by atoms with E-state index in [0.717, 1.165) is 21.8 Å². The first-order valence-corrected chi connectivity index (χ1v) is 7.84. The Morgan fingerprint density at radius 1 is 1.18 bits per heavy atom. The summed E-state index contributed by atoms with van der Waals surface area (Å²) in [6.45, 7) is 0. The van der Waals surface area contributed by atoms with E-state index in [1.54, 1.807) is 12.3 Å². The number of hydrogen-bond acceptors (Lipinski definition) is 5. The van der Waals surface area contributed by atoms with Crippen molar-refractivity contribution in [3.8, 4) is 5.75 Å². The number of phenolic OH excluding ortho intramolecular Hbond substituents is 1. The summed E-state index contributed by atoms with van der Waals surface area (Å²) in [4.78, 5) is 4.20. The van der Waals surface area contributed by atoms with Gasteiger partial charge in [-0.15, -0.1) is 0 Å². The van der Waals surface area contributed by atoms with Gasteiger partial charge in [0.1, 0.15) is 11.4 Å². The predicted molar refractivity (Wildman–Crippen MR) is 80.4 cm³/mol. The number of benzene rings is 1. The molecule has 0 unspecified atom stereocenters. The fourth-order valence-corrected chi connectivity index (χ4v) is 3.23. The molecule has 0 atom stereocenters. The topological polar surface area (TPSA) is 103 Å². The average molecular weight is 319 g/mol. The molecule has 1 aromatic carbocycles. The molecule has 3 rings (SSSR count). The van der Waals surface area contributed by atoms with Crippen LogP contribution in [0, 0.1) is 0 Å². The molecular formula is C14H13N3O4S. The molecule has 0 fully saturated rings. The number of phenols is 1. The van der Waals surface area contributed by atoms with Crippen LogP contribution in [0.15, 0.2) is 54.7 Å². The summed E-state index contributed by atoms with van der Waals surface area (Å²) in [5.74, 6) is -0.707. The molecule has 1 aliphatic heterocycles. The Kier molecular flexibility index (Phi) is 3.38. The van der Waals surface area contributed by atoms with E-state index in [4.69, 9.17) is 0 Å². The van der Waals surface area contributed by atoms with E-state index in [1.165, 1.54) is 12.1 Å². The summed E-state index contributed by atoms with van der Waals surface area (Å²) in [5.41, 5.74) is 1.68. The predicted octanol–water partition coefficient (Wildman–Crippen LogP) is 1.39. The molecule has 0 saturated heterocycles. The third-order valence-corrected chi connectivity index (χ3v) is 4.41. The second-order valence-corrected chi connectivity index (χ2v) is 6.29. The minimum absolute atomic E-state index is 0.0568. The zero-order valence-electron chi connectivity index (χ0n) is 11.3. The number of aliphatic hydroxyl groups is 1. The van der Waals surface area contributed by atoms with E-state index in [2.05, 4.69) is 4.98 Å². The van der Waals surface area contributed by atoms with Crippen molar-refractivity contribution < 1.29 is 18.6 Å². The third kappa shape index (κ3) is 2.68. The summed E-state index contributed by atoms with van der Waals surface area (Å²) in [6, 6.07) is 10.2. The number of anilines is 1. The Bertz CT molecular complexity index is 834. The number of nitrogens with zero attached hydrogens (tertiary/aromatic N) is 2. The number of aromatic nitrogens is 1. The molecule has 1 aliphatic rings. The molecule has 0 bridgehead atoms. The highest BCUT2D eigenvalue weighted by Crippen LogP contribution is 2.32. The minimum atomic E-state index is -3.92. The Balaban J connectivity index is 1.90. The summed E-state index contributed by atoms with van der Waals surface area (Å²) in [6.07, 6.45) is 3.18. The maximum absolute atomic E-state index is 11.8. The molecule has 0 amide bonds. The van der Waals surface area contributed by atoms with Gasteiger partial charge in [0.05, 0.1) is 6.20 Å². The lowest BCUT2D eigenvalue weighted by molar-refractivity contribution is 0.392. The molecule has 1 aromatic heterocycles. The number of hydrogen-bond donors (Lipinski definition) is 3. The van der Waals surface area contributed by atoms with Gasteiger partial charge >= 0.3 is 10.2 Å². The normalized spacial score (nSPS) is 16.2. The smallest absolute Gasteiger partial charge is 0.330 e. The largest absolute Gasteiger partial charge is 0.506 e. The summed E-state index contributed by atoms with van der Waals surface area (Å²) in [7, 11) is -3.92. The van der Waals surface area contributed by atoms with Gasteiger partial charge in [-0.25, -0.2) is 9.03 Å². The van der Waals surface area contributed by atoms with Crippen molar-refractivity contribution in [1.82, 2.24) is 9.71 Å². The number of aromatic hydroxyl groups is 1. The lowest BCUT2D eigenvalue weighted by atomic mass is 10.1. The molecule has 0 spiro atoms. The van der Waals surface area contributed by atoms with Crippen molar-refractivity contribution >= 4 is 15.9 Å². The van der Waals surface area contributed by atoms with Crippen LogP contribution in [0.4, 0.5) is 5.69 Å². The molecule has 22 heavy (non-hydrogen) atoms. The van der Waals surface area contributed by atoms with Crippen molar-refractivity contribution in [2.24, 2.45) is 0 Å². The average Bonchev–Trinajstić information content (AvgIpc) is 2.73. The van der Waals surface area contributed by atoms with Crippen LogP contribution in [0.2, 0.25) is 0 Å². The van der Waals surface area contributed by atoms with Gasteiger partial charge < -0.3 is 10.2 Å². The quantitative estimate of drug-likeness (QED) is 0.793. The molecule has 114 valence electrons. The van der Waals surface area contributed by atoms with Crippen molar-refractivity contribution in [2.75, 3.05) is 4.31 Å². The number of rotatable bonds is 3. The zero-order chi connectivity index (χ0) is 15.7. The molecule has 3 N–H and O–H groups in total. The van der Waals surface area contributed by atoms with E-state index in [-0.39, 0.29) is 11.4 Å². The first kappa shape index (κ1) is 14.2. The Labute approximate surface area is 127 Å². The lowest BCUT2D eigenvalue weighted by Gasteiger charge is -2.16. The fourth-order valence-electron chi connectivity index (χ4n) is 2.16. The van der Waals surface area contributed by atoms with Gasteiger partial charge in [0.25, 0.3) is 0 Å². The van der Waals surface area contributed by atoms with Gasteiger partial charge in [-0.2, -0.15) is 8.42 Å². The van der Waals surface area contributed by atoms with Gasteiger partial charge in [-0.3, -0.25) is 4.98 Å². The lowest BCUT2D eigenvalue weighted by Crippen LogP contribution is -2.29. The van der Waals surface area contributed by atoms with E-state index >= 15 is 0 Å². The van der Waals surface area contributed by atoms with Gasteiger partial charge in [0.2, 0.25) is 5.88 Å². The monoisotopic (exact) mass is 319 g/mol. The first-order chi connectivity index (χ1) is 10.5. The van der Waals surface area contributed by atoms with E-state index < -0.39 is 16.1 Å². The van der Waals surface area contributed by atoms with Crippen molar-refractivity contribution in [3.05, 3.63) is 65.9 Å². The Morgan fingerprint density at radius 3 is 2.59 bits per heavy atom. The first-order valence-electron chi connectivity index (χ1n) is 6.40. The summed E-state index contributed by atoms with van der Waals surface area (Å²) in [5, 5.41) is 19.4. The molecular weight excluding hydrogens is 306 g/mol. The van der Waals surface area contributed by atoms with Gasteiger partial charge in [-0.1, -0.05) is 12.1 Å². The van der Waals surface area contributed by atoms with Crippen LogP contribution in [0.5, 0.6) is 5.75 Å². The maximum Gasteiger partial charge on any atom is 0.330 e. The van der Waals surface area contributed by atoms with Gasteiger partial charge in [0, 0.05) is 18.3 Å². The van der Waals surface area contributed by atoms with Crippen LogP contribution in [0.25, 0.3) is 0 Å². The number of pyridine rings is 1. The van der Waals surface area contributed by atoms with E-state index in [9.17, 15) is 18.6 Å². The Hall–Kier alpha value is -2.74. The zero-order valence-corrected chi connectivity index (χ0v) is 12.2. The highest BCUT2D eigenvalue weighted by molar-refractivity contribution is 7.91. The number of aliphatic hydroxyl groups excluding tert-OH is 1. The van der Waals surface area contributed by atoms with Gasteiger partial charge in [0.15, 0.2) is 0 Å². The molecule has 0 radical (unpaired) electrons. The highest BCUT2D eigenvalue weighted by Gasteiger charge is 2.30. The van der Waals surface area contributed by atoms with Crippen molar-refractivity contribution in [2.45, 2.75) is 6.42 Å². The molecule has 2 aromatic rings. The SMILES string of the molecule is O=S1(=O)NC(O)=CN1c1ccc(Cc2ccccn2)cc1O. The highest BCUT2D eigenvalue weighted by atomic mass is 32.2. The molecule has 0 aliphatic carbocycles. The maximum atomic E-state index is 11.8. The van der Waals surface area contributed by atoms with Crippen molar-refractivity contribution in [3.63, 3.8) is 0 Å². The second-order valence-electron chi connectivity index (χ2n) is 4.74. The summed E-state index contributed by atoms with van der Waals surface area (Å²) >= 11 is 0. The van der Waals surface area contributed by atoms with Crippen LogP contribution in [0.3, 0.4) is 0 Å². The van der Waals surface area contributed by atoms with Crippen LogP contribution in [-0.4, -0.2) is 23.6 Å². The third-order valence-electron chi connectivity index (χ3n) is 3.12. The fraction of sp³-hybridized carbons (Fsp3) is 0.0714. The van der Waals surface area contributed by atoms with Crippen LogP contribution >= 0.6 is 0 Å². The Morgan fingerprint density at radius 2 is 2.00 bits per heavy atom. The summed E-state index contributed by atoms with van der Waals surface area (Å²) < 4.78 is 26.3. The van der Waals surface area contributed by atoms with Crippen LogP contribution in [0.1, 0.15) is 11.3 Å². The van der Waals surface area contributed by atoms with E-state index in [0.29, 0.717) is 6.42 Å². The molecule has 8 heteroatoms. The minimum Gasteiger partial charge on any atom is -0.506 e. The molecule has 0 saturated carbocycles. The standard InChI is InChI=1S/C14H13N3O4S/c18-13-8-10(7-11-3-1-2-6-15-11)4-5-12(13)17-9-14(19)16-22(17,20)21/h1-6,8-9,16,18-19H,7H2. The van der Waals surface area contributed by atoms with Crippen LogP contribution < -0.4 is 9.03 Å². The van der Waals surface area contributed by atoms with Crippen molar-refractivity contribution in [1.29, 1.82) is 0 Å². The molecule has 7 nitrogen and oxygen atoms in total. The molecule has 2 heterocycles.